The van der Waals surface area contributed by atoms with Crippen molar-refractivity contribution in [3.05, 3.63) is 51.7 Å². The van der Waals surface area contributed by atoms with Gasteiger partial charge in [-0.15, -0.1) is 0 Å². The van der Waals surface area contributed by atoms with Crippen molar-refractivity contribution in [1.82, 2.24) is 10.6 Å². The highest BCUT2D eigenvalue weighted by molar-refractivity contribution is 7.99. The molecule has 0 bridgehead atoms. The number of urea groups is 1. The van der Waals surface area contributed by atoms with Crippen LogP contribution >= 0.6 is 11.8 Å². The van der Waals surface area contributed by atoms with Crippen LogP contribution in [0.15, 0.2) is 30.5 Å². The molecule has 0 spiro atoms. The van der Waals surface area contributed by atoms with Crippen LogP contribution in [-0.2, 0) is 9.53 Å². The number of rotatable bonds is 7. The summed E-state index contributed by atoms with van der Waals surface area (Å²) in [7, 11) is 0. The minimum atomic E-state index is -0.873. The number of nitro benzene ring substituents is 1. The first-order valence-electron chi connectivity index (χ1n) is 8.10. The van der Waals surface area contributed by atoms with Gasteiger partial charge in [0.25, 0.3) is 5.69 Å². The molecule has 0 unspecified atom stereocenters. The number of thioether (sulfide) groups is 1. The van der Waals surface area contributed by atoms with E-state index < -0.39 is 28.9 Å². The molecule has 1 aromatic carbocycles. The van der Waals surface area contributed by atoms with Crippen LogP contribution in [0.25, 0.3) is 0 Å². The van der Waals surface area contributed by atoms with E-state index in [-0.39, 0.29) is 18.0 Å². The van der Waals surface area contributed by atoms with Crippen LogP contribution in [0.3, 0.4) is 0 Å². The van der Waals surface area contributed by atoms with E-state index in [0.29, 0.717) is 16.9 Å². The molecule has 1 aromatic rings. The number of nitrogens with one attached hydrogen (secondary N) is 2. The molecular weight excluding hydrogens is 358 g/mol. The highest BCUT2D eigenvalue weighted by Gasteiger charge is 2.39. The third-order valence-corrected chi connectivity index (χ3v) is 4.85. The van der Waals surface area contributed by atoms with E-state index >= 15 is 0 Å². The Morgan fingerprint density at radius 3 is 2.85 bits per heavy atom. The van der Waals surface area contributed by atoms with Crippen molar-refractivity contribution in [2.24, 2.45) is 5.92 Å². The lowest BCUT2D eigenvalue weighted by Gasteiger charge is -2.33. The van der Waals surface area contributed by atoms with E-state index in [2.05, 4.69) is 17.2 Å². The smallest absolute Gasteiger partial charge is 0.319 e. The second-order valence-corrected chi connectivity index (χ2v) is 7.14. The van der Waals surface area contributed by atoms with E-state index in [9.17, 15) is 19.7 Å². The maximum atomic E-state index is 12.5. The molecule has 2 N–H and O–H groups in total. The zero-order valence-corrected chi connectivity index (χ0v) is 15.4. The lowest BCUT2D eigenvalue weighted by atomic mass is 9.88. The molecule has 2 atom stereocenters. The van der Waals surface area contributed by atoms with Crippen LogP contribution in [0, 0.1) is 23.0 Å². The van der Waals surface area contributed by atoms with Crippen LogP contribution in [0.4, 0.5) is 10.5 Å². The number of aryl methyl sites for hydroxylation is 1. The lowest BCUT2D eigenvalue weighted by molar-refractivity contribution is -0.385. The average Bonchev–Trinajstić information content (AvgIpc) is 2.58. The Morgan fingerprint density at radius 2 is 2.19 bits per heavy atom. The highest BCUT2D eigenvalue weighted by Crippen LogP contribution is 2.33. The van der Waals surface area contributed by atoms with Crippen LogP contribution < -0.4 is 10.6 Å². The number of hydrogen-bond acceptors (Lipinski definition) is 6. The van der Waals surface area contributed by atoms with Gasteiger partial charge in [-0.1, -0.05) is 25.6 Å². The van der Waals surface area contributed by atoms with Crippen molar-refractivity contribution in [3.8, 4) is 0 Å². The van der Waals surface area contributed by atoms with Crippen molar-refractivity contribution in [3.63, 3.8) is 0 Å². The number of hydrogen-bond donors (Lipinski definition) is 2. The number of nitrogens with zero attached hydrogens (tertiary/aromatic N) is 1. The number of benzene rings is 1. The predicted octanol–water partition coefficient (Wildman–Crippen LogP) is 2.68. The zero-order chi connectivity index (χ0) is 19.3. The van der Waals surface area contributed by atoms with Crippen LogP contribution in [0.2, 0.25) is 0 Å². The number of amides is 2. The fourth-order valence-corrected chi connectivity index (χ4v) is 3.18. The summed E-state index contributed by atoms with van der Waals surface area (Å²) in [6.07, 6.45) is 0. The second kappa shape index (κ2) is 8.70. The molecule has 2 amide bonds. The van der Waals surface area contributed by atoms with Gasteiger partial charge in [0.2, 0.25) is 0 Å². The SMILES string of the molecule is C=C1NC(=O)N[C@H](c2ccc(C)c([N+](=O)[O-])c2)[C@H]1C(=O)OCCSCC. The molecular formula is C17H21N3O5S. The van der Waals surface area contributed by atoms with Crippen LogP contribution in [-0.4, -0.2) is 35.0 Å². The minimum absolute atomic E-state index is 0.0765. The maximum Gasteiger partial charge on any atom is 0.319 e. The first-order valence-corrected chi connectivity index (χ1v) is 9.26. The summed E-state index contributed by atoms with van der Waals surface area (Å²) < 4.78 is 5.30. The Kier molecular flexibility index (Phi) is 6.62. The molecule has 26 heavy (non-hydrogen) atoms. The molecule has 9 heteroatoms. The number of nitro groups is 1. The summed E-state index contributed by atoms with van der Waals surface area (Å²) >= 11 is 1.64. The first kappa shape index (κ1) is 19.8. The number of carbonyl (C=O) groups is 2. The van der Waals surface area contributed by atoms with Crippen molar-refractivity contribution in [2.75, 3.05) is 18.1 Å². The third-order valence-electron chi connectivity index (χ3n) is 3.99. The van der Waals surface area contributed by atoms with E-state index in [4.69, 9.17) is 4.74 Å². The summed E-state index contributed by atoms with van der Waals surface area (Å²) in [5.41, 5.74) is 1.07. The Morgan fingerprint density at radius 1 is 1.46 bits per heavy atom. The molecule has 0 radical (unpaired) electrons. The monoisotopic (exact) mass is 379 g/mol. The predicted molar refractivity (Wildman–Crippen MR) is 98.8 cm³/mol. The molecule has 1 aliphatic rings. The first-order chi connectivity index (χ1) is 12.3. The van der Waals surface area contributed by atoms with Crippen LogP contribution in [0.5, 0.6) is 0 Å². The Labute approximate surface area is 155 Å². The molecule has 140 valence electrons. The van der Waals surface area contributed by atoms with Gasteiger partial charge < -0.3 is 15.4 Å². The van der Waals surface area contributed by atoms with Gasteiger partial charge in [-0.25, -0.2) is 4.79 Å². The maximum absolute atomic E-state index is 12.5. The molecule has 1 aliphatic heterocycles. The lowest BCUT2D eigenvalue weighted by Crippen LogP contribution is -2.51. The molecule has 0 aliphatic carbocycles. The second-order valence-electron chi connectivity index (χ2n) is 5.75. The summed E-state index contributed by atoms with van der Waals surface area (Å²) in [6, 6.07) is 3.30. The Hall–Kier alpha value is -2.55. The van der Waals surface area contributed by atoms with Crippen molar-refractivity contribution in [1.29, 1.82) is 0 Å². The molecule has 2 rings (SSSR count). The van der Waals surface area contributed by atoms with Gasteiger partial charge in [0.1, 0.15) is 12.5 Å². The molecule has 0 aromatic heterocycles. The highest BCUT2D eigenvalue weighted by atomic mass is 32.2. The van der Waals surface area contributed by atoms with Gasteiger partial charge in [-0.05, 0) is 18.2 Å². The fourth-order valence-electron chi connectivity index (χ4n) is 2.69. The number of carbonyl (C=O) groups excluding carboxylic acids is 2. The number of esters is 1. The van der Waals surface area contributed by atoms with Gasteiger partial charge in [0.15, 0.2) is 0 Å². The molecule has 0 saturated carbocycles. The summed E-state index contributed by atoms with van der Waals surface area (Å²) in [6.45, 7) is 7.63. The molecule has 8 nitrogen and oxygen atoms in total. The Balaban J connectivity index is 2.28. The topological polar surface area (TPSA) is 111 Å². The van der Waals surface area contributed by atoms with Gasteiger partial charge >= 0.3 is 12.0 Å². The van der Waals surface area contributed by atoms with E-state index in [1.165, 1.54) is 6.07 Å². The normalized spacial score (nSPS) is 19.5. The Bertz CT molecular complexity index is 737. The van der Waals surface area contributed by atoms with E-state index in [0.717, 1.165) is 5.75 Å². The largest absolute Gasteiger partial charge is 0.464 e. The van der Waals surface area contributed by atoms with Gasteiger partial charge in [0, 0.05) is 23.1 Å². The van der Waals surface area contributed by atoms with Crippen molar-refractivity contribution < 1.29 is 19.2 Å². The fraction of sp³-hybridized carbons (Fsp3) is 0.412. The van der Waals surface area contributed by atoms with E-state index in [1.807, 2.05) is 6.92 Å². The van der Waals surface area contributed by atoms with Gasteiger partial charge in [-0.3, -0.25) is 14.9 Å². The standard InChI is InChI=1S/C17H21N3O5S/c1-4-26-8-7-25-16(21)14-11(3)18-17(22)19-15(14)12-6-5-10(2)13(9-12)20(23)24/h5-6,9,14-15H,3-4,7-8H2,1-2H3,(H2,18,19,22)/t14-,15+/m0/s1. The average molecular weight is 379 g/mol. The van der Waals surface area contributed by atoms with E-state index in [1.54, 1.807) is 30.8 Å². The molecule has 1 saturated heterocycles. The molecule has 1 fully saturated rings. The summed E-state index contributed by atoms with van der Waals surface area (Å²) in [5.74, 6) is 0.178. The summed E-state index contributed by atoms with van der Waals surface area (Å²) in [5, 5.41) is 16.3. The summed E-state index contributed by atoms with van der Waals surface area (Å²) in [4.78, 5) is 35.1. The minimum Gasteiger partial charge on any atom is -0.464 e. The zero-order valence-electron chi connectivity index (χ0n) is 14.6. The van der Waals surface area contributed by atoms with Crippen LogP contribution in [0.1, 0.15) is 24.1 Å². The van der Waals surface area contributed by atoms with Gasteiger partial charge in [0.05, 0.1) is 11.0 Å². The van der Waals surface area contributed by atoms with Gasteiger partial charge in [-0.2, -0.15) is 11.8 Å². The molecule has 1 heterocycles. The van der Waals surface area contributed by atoms with Crippen molar-refractivity contribution in [2.45, 2.75) is 19.9 Å². The third kappa shape index (κ3) is 4.54. The number of ether oxygens (including phenoxy) is 1. The van der Waals surface area contributed by atoms with Crippen molar-refractivity contribution >= 4 is 29.4 Å². The quantitative estimate of drug-likeness (QED) is 0.326.